The molecule has 3 aliphatic heterocycles. The molecule has 3 heterocycles. The van der Waals surface area contributed by atoms with Gasteiger partial charge in [-0.2, -0.15) is 13.2 Å². The molecule has 260 valence electrons. The molecule has 3 saturated heterocycles. The second kappa shape index (κ2) is 17.6. The fourth-order valence-corrected chi connectivity index (χ4v) is 6.72. The first-order chi connectivity index (χ1) is 22.3. The van der Waals surface area contributed by atoms with Crippen molar-refractivity contribution >= 4 is 0 Å². The fraction of sp³-hybridized carbons (Fsp3) is 0.765. The van der Waals surface area contributed by atoms with Crippen LogP contribution < -0.4 is 4.74 Å². The highest BCUT2D eigenvalue weighted by Gasteiger charge is 2.46. The summed E-state index contributed by atoms with van der Waals surface area (Å²) in [7, 11) is 0. The SMILES string of the molecule is OCC(O)C[C@@H]1[C@@H](/C=C/[C@@H](COc2cccc(C(F)(F)F)c2)OC2CCCCO2)[C@H](OC2CCCCO2)C[C@@H]1OC1CCCCO1. The van der Waals surface area contributed by atoms with Gasteiger partial charge in [-0.15, -0.1) is 0 Å². The van der Waals surface area contributed by atoms with Crippen molar-refractivity contribution in [1.82, 2.24) is 0 Å². The molecule has 0 spiro atoms. The minimum absolute atomic E-state index is 0.0403. The molecule has 1 aromatic carbocycles. The van der Waals surface area contributed by atoms with E-state index in [-0.39, 0.29) is 62.0 Å². The van der Waals surface area contributed by atoms with Gasteiger partial charge in [-0.1, -0.05) is 18.2 Å². The highest BCUT2D eigenvalue weighted by atomic mass is 19.4. The molecule has 1 aromatic rings. The number of ether oxygens (including phenoxy) is 7. The van der Waals surface area contributed by atoms with E-state index in [0.717, 1.165) is 63.5 Å². The van der Waals surface area contributed by atoms with E-state index in [0.29, 0.717) is 32.7 Å². The molecule has 1 saturated carbocycles. The largest absolute Gasteiger partial charge is 0.491 e. The Kier molecular flexibility index (Phi) is 13.6. The van der Waals surface area contributed by atoms with E-state index in [1.165, 1.54) is 12.1 Å². The summed E-state index contributed by atoms with van der Waals surface area (Å²) in [6, 6.07) is 4.78. The second-order valence-corrected chi connectivity index (χ2v) is 12.7. The molecule has 5 rings (SSSR count). The third-order valence-electron chi connectivity index (χ3n) is 9.14. The Bertz CT molecular complexity index is 1050. The zero-order valence-electron chi connectivity index (χ0n) is 26.4. The average Bonchev–Trinajstić information content (AvgIpc) is 3.37. The zero-order chi connectivity index (χ0) is 32.4. The Morgan fingerprint density at radius 2 is 1.50 bits per heavy atom. The fourth-order valence-electron chi connectivity index (χ4n) is 6.72. The lowest BCUT2D eigenvalue weighted by Gasteiger charge is -2.31. The minimum atomic E-state index is -4.49. The van der Waals surface area contributed by atoms with Gasteiger partial charge >= 0.3 is 6.18 Å². The van der Waals surface area contributed by atoms with Crippen molar-refractivity contribution in [3.8, 4) is 5.75 Å². The van der Waals surface area contributed by atoms with Crippen molar-refractivity contribution in [2.75, 3.05) is 33.0 Å². The lowest BCUT2D eigenvalue weighted by molar-refractivity contribution is -0.204. The molecule has 0 aromatic heterocycles. The molecular formula is C34H49F3O9. The number of halogens is 3. The predicted molar refractivity (Wildman–Crippen MR) is 161 cm³/mol. The lowest BCUT2D eigenvalue weighted by atomic mass is 9.87. The molecule has 9 nitrogen and oxygen atoms in total. The van der Waals surface area contributed by atoms with Crippen LogP contribution >= 0.6 is 0 Å². The van der Waals surface area contributed by atoms with Crippen molar-refractivity contribution in [1.29, 1.82) is 0 Å². The van der Waals surface area contributed by atoms with Crippen LogP contribution in [-0.2, 0) is 34.6 Å². The van der Waals surface area contributed by atoms with E-state index in [1.54, 1.807) is 0 Å². The quantitative estimate of drug-likeness (QED) is 0.242. The van der Waals surface area contributed by atoms with Crippen LogP contribution in [0.3, 0.4) is 0 Å². The summed E-state index contributed by atoms with van der Waals surface area (Å²) in [6.45, 7) is 1.41. The molecule has 4 unspecified atom stereocenters. The van der Waals surface area contributed by atoms with Crippen LogP contribution in [0.15, 0.2) is 36.4 Å². The van der Waals surface area contributed by atoms with Gasteiger partial charge in [-0.3, -0.25) is 0 Å². The summed E-state index contributed by atoms with van der Waals surface area (Å²) in [5.41, 5.74) is -0.789. The second-order valence-electron chi connectivity index (χ2n) is 12.7. The predicted octanol–water partition coefficient (Wildman–Crippen LogP) is 5.76. The molecule has 9 atom stereocenters. The van der Waals surface area contributed by atoms with Crippen LogP contribution in [0.5, 0.6) is 5.75 Å². The summed E-state index contributed by atoms with van der Waals surface area (Å²) >= 11 is 0. The van der Waals surface area contributed by atoms with Gasteiger partial charge < -0.3 is 43.4 Å². The van der Waals surface area contributed by atoms with Gasteiger partial charge in [-0.25, -0.2) is 0 Å². The van der Waals surface area contributed by atoms with Crippen LogP contribution in [0.1, 0.15) is 76.2 Å². The third kappa shape index (κ3) is 10.6. The first-order valence-corrected chi connectivity index (χ1v) is 16.9. The number of benzene rings is 1. The Hall–Kier alpha value is -1.77. The maximum absolute atomic E-state index is 13.3. The highest BCUT2D eigenvalue weighted by Crippen LogP contribution is 2.42. The van der Waals surface area contributed by atoms with Gasteiger partial charge in [0, 0.05) is 32.2 Å². The van der Waals surface area contributed by atoms with Gasteiger partial charge in [0.25, 0.3) is 0 Å². The molecule has 4 fully saturated rings. The smallest absolute Gasteiger partial charge is 0.416 e. The van der Waals surface area contributed by atoms with Gasteiger partial charge in [0.1, 0.15) is 18.5 Å². The first-order valence-electron chi connectivity index (χ1n) is 16.9. The summed E-state index contributed by atoms with van der Waals surface area (Å²) < 4.78 is 82.8. The van der Waals surface area contributed by atoms with Crippen molar-refractivity contribution in [3.05, 3.63) is 42.0 Å². The number of hydrogen-bond donors (Lipinski definition) is 2. The molecule has 46 heavy (non-hydrogen) atoms. The summed E-state index contributed by atoms with van der Waals surface area (Å²) in [6.07, 6.45) is 4.96. The van der Waals surface area contributed by atoms with Gasteiger partial charge in [0.2, 0.25) is 0 Å². The maximum Gasteiger partial charge on any atom is 0.416 e. The zero-order valence-corrected chi connectivity index (χ0v) is 26.4. The number of rotatable bonds is 14. The normalized spacial score (nSPS) is 32.4. The lowest BCUT2D eigenvalue weighted by Crippen LogP contribution is -2.34. The van der Waals surface area contributed by atoms with E-state index in [1.807, 2.05) is 12.2 Å². The van der Waals surface area contributed by atoms with Gasteiger partial charge in [-0.05, 0) is 88.3 Å². The van der Waals surface area contributed by atoms with Gasteiger partial charge in [0.05, 0.1) is 30.5 Å². The van der Waals surface area contributed by atoms with Crippen molar-refractivity contribution in [2.45, 2.75) is 120 Å². The molecule has 4 aliphatic rings. The summed E-state index contributed by atoms with van der Waals surface area (Å²) in [5.74, 6) is -0.372. The molecule has 0 amide bonds. The van der Waals surface area contributed by atoms with Crippen LogP contribution in [0.25, 0.3) is 0 Å². The maximum atomic E-state index is 13.3. The van der Waals surface area contributed by atoms with Crippen LogP contribution in [0.2, 0.25) is 0 Å². The molecule has 0 radical (unpaired) electrons. The Balaban J connectivity index is 1.36. The Labute approximate surface area is 269 Å². The minimum Gasteiger partial charge on any atom is -0.491 e. The monoisotopic (exact) mass is 658 g/mol. The molecule has 2 N–H and O–H groups in total. The van der Waals surface area contributed by atoms with E-state index in [2.05, 4.69) is 0 Å². The standard InChI is InChI=1S/C34H49F3O9/c35-34(36,37)23-8-7-9-25(18-23)43-22-26(44-31-10-1-4-15-40-31)13-14-27-28(19-24(39)21-38)30(46-33-12-3-6-17-42-33)20-29(27)45-32-11-2-5-16-41-32/h7-9,13-14,18,24,26-33,38-39H,1-6,10-12,15-17,19-22H2/b14-13+/t24?,26-,27+,28+,29+,30-,31?,32?,33?/m0/s1. The highest BCUT2D eigenvalue weighted by molar-refractivity contribution is 5.30. The van der Waals surface area contributed by atoms with Crippen molar-refractivity contribution in [2.24, 2.45) is 11.8 Å². The van der Waals surface area contributed by atoms with Gasteiger partial charge in [0.15, 0.2) is 18.9 Å². The van der Waals surface area contributed by atoms with E-state index in [9.17, 15) is 23.4 Å². The number of aliphatic hydroxyl groups is 2. The third-order valence-corrected chi connectivity index (χ3v) is 9.14. The number of hydrogen-bond acceptors (Lipinski definition) is 9. The van der Waals surface area contributed by atoms with Crippen LogP contribution in [0, 0.1) is 11.8 Å². The topological polar surface area (TPSA) is 105 Å². The van der Waals surface area contributed by atoms with Crippen LogP contribution in [0.4, 0.5) is 13.2 Å². The van der Waals surface area contributed by atoms with E-state index in [4.69, 9.17) is 33.2 Å². The van der Waals surface area contributed by atoms with Crippen molar-refractivity contribution in [3.63, 3.8) is 0 Å². The molecule has 12 heteroatoms. The van der Waals surface area contributed by atoms with Crippen molar-refractivity contribution < 1.29 is 56.5 Å². The Morgan fingerprint density at radius 3 is 2.09 bits per heavy atom. The summed E-state index contributed by atoms with van der Waals surface area (Å²) in [4.78, 5) is 0. The van der Waals surface area contributed by atoms with Crippen LogP contribution in [-0.4, -0.2) is 86.5 Å². The number of aliphatic hydroxyl groups excluding tert-OH is 2. The summed E-state index contributed by atoms with van der Waals surface area (Å²) in [5, 5.41) is 20.3. The number of alkyl halides is 3. The Morgan fingerprint density at radius 1 is 0.870 bits per heavy atom. The first kappa shape index (κ1) is 35.5. The molecule has 1 aliphatic carbocycles. The van der Waals surface area contributed by atoms with E-state index < -0.39 is 30.2 Å². The van der Waals surface area contributed by atoms with E-state index >= 15 is 0 Å². The average molecular weight is 659 g/mol. The molecule has 0 bridgehead atoms. The molecular weight excluding hydrogens is 609 g/mol.